The number of nitrogens with one attached hydrogen (secondary N) is 3. The van der Waals surface area contributed by atoms with E-state index in [4.69, 9.17) is 4.74 Å². The Morgan fingerprint density at radius 3 is 2.49 bits per heavy atom. The van der Waals surface area contributed by atoms with Gasteiger partial charge in [0.15, 0.2) is 0 Å². The minimum absolute atomic E-state index is 0.0877. The van der Waals surface area contributed by atoms with Gasteiger partial charge >= 0.3 is 5.97 Å². The molecule has 1 aliphatic rings. The van der Waals surface area contributed by atoms with E-state index in [1.165, 1.54) is 30.2 Å². The van der Waals surface area contributed by atoms with Crippen LogP contribution in [0.1, 0.15) is 62.6 Å². The van der Waals surface area contributed by atoms with E-state index in [0.717, 1.165) is 45.7 Å². The predicted molar refractivity (Wildman–Crippen MR) is 189 cm³/mol. The summed E-state index contributed by atoms with van der Waals surface area (Å²) in [6.07, 6.45) is 4.29. The number of hydrogen-bond acceptors (Lipinski definition) is 7. The zero-order chi connectivity index (χ0) is 33.5. The van der Waals surface area contributed by atoms with E-state index in [0.29, 0.717) is 27.7 Å². The summed E-state index contributed by atoms with van der Waals surface area (Å²) in [7, 11) is 1.35. The maximum absolute atomic E-state index is 13.5. The summed E-state index contributed by atoms with van der Waals surface area (Å²) in [5, 5.41) is 8.65. The molecule has 4 aromatic rings. The topological polar surface area (TPSA) is 114 Å². The molecule has 2 atom stereocenters. The molecule has 2 unspecified atom stereocenters. The lowest BCUT2D eigenvalue weighted by atomic mass is 9.88. The van der Waals surface area contributed by atoms with E-state index >= 15 is 0 Å². The van der Waals surface area contributed by atoms with Gasteiger partial charge in [0.25, 0.3) is 11.8 Å². The van der Waals surface area contributed by atoms with Crippen molar-refractivity contribution in [1.29, 1.82) is 0 Å². The van der Waals surface area contributed by atoms with Gasteiger partial charge < -0.3 is 20.7 Å². The summed E-state index contributed by atoms with van der Waals surface area (Å²) in [6.45, 7) is 5.94. The summed E-state index contributed by atoms with van der Waals surface area (Å²) in [5.74, 6) is -1.05. The van der Waals surface area contributed by atoms with Crippen molar-refractivity contribution in [3.05, 3.63) is 117 Å². The molecule has 47 heavy (non-hydrogen) atoms. The third-order valence-corrected chi connectivity index (χ3v) is 10.1. The fourth-order valence-electron chi connectivity index (χ4n) is 5.34. The van der Waals surface area contributed by atoms with Crippen molar-refractivity contribution in [2.45, 2.75) is 50.2 Å². The third kappa shape index (κ3) is 8.58. The van der Waals surface area contributed by atoms with Gasteiger partial charge in [-0.3, -0.25) is 14.4 Å². The number of thioether (sulfide) groups is 1. The normalized spacial score (nSPS) is 14.8. The molecule has 8 nitrogen and oxygen atoms in total. The first-order valence-electron chi connectivity index (χ1n) is 15.4. The monoisotopic (exact) mass is 667 g/mol. The molecular weight excluding hydrogens is 631 g/mol. The number of hydrogen-bond donors (Lipinski definition) is 3. The summed E-state index contributed by atoms with van der Waals surface area (Å²) >= 11 is 2.78. The molecule has 1 aliphatic carbocycles. The highest BCUT2D eigenvalue weighted by atomic mass is 32.2. The number of thiophene rings is 1. The van der Waals surface area contributed by atoms with Crippen molar-refractivity contribution in [1.82, 2.24) is 5.32 Å². The molecule has 3 N–H and O–H groups in total. The largest absolute Gasteiger partial charge is 0.465 e. The van der Waals surface area contributed by atoms with Crippen LogP contribution in [-0.4, -0.2) is 36.1 Å². The summed E-state index contributed by atoms with van der Waals surface area (Å²) in [6, 6.07) is 23.5. The molecular formula is C37H37N3O5S2. The summed E-state index contributed by atoms with van der Waals surface area (Å²) < 4.78 is 5.06. The average Bonchev–Trinajstić information content (AvgIpc) is 3.41. The second-order valence-corrected chi connectivity index (χ2v) is 14.1. The minimum Gasteiger partial charge on any atom is -0.465 e. The second kappa shape index (κ2) is 15.3. The van der Waals surface area contributed by atoms with Crippen LogP contribution in [0.4, 0.5) is 10.7 Å². The van der Waals surface area contributed by atoms with E-state index in [1.807, 2.05) is 43.3 Å². The van der Waals surface area contributed by atoms with Crippen molar-refractivity contribution in [3.8, 4) is 0 Å². The molecule has 3 aromatic carbocycles. The maximum Gasteiger partial charge on any atom is 0.341 e. The van der Waals surface area contributed by atoms with Gasteiger partial charge in [0, 0.05) is 21.0 Å². The standard InChI is InChI=1S/C37H37N3O5S2/c1-22-10-8-11-25(18-22)20-30(39-34(42)26-12-6-5-7-13-26)35(43)38-27-14-9-15-28(21-27)46-24(3)33(41)40-36-32(37(44)45-4)29-17-16-23(2)19-31(29)47-36/h5-15,18,20-21,23-24H,16-17,19H2,1-4H3,(H,38,43)(H,39,42)(H,40,41)/b30-20+. The van der Waals surface area contributed by atoms with Gasteiger partial charge in [0.05, 0.1) is 17.9 Å². The van der Waals surface area contributed by atoms with Crippen molar-refractivity contribution < 1.29 is 23.9 Å². The average molecular weight is 668 g/mol. The molecule has 0 saturated heterocycles. The number of anilines is 2. The van der Waals surface area contributed by atoms with Crippen molar-refractivity contribution in [3.63, 3.8) is 0 Å². The third-order valence-electron chi connectivity index (χ3n) is 7.79. The van der Waals surface area contributed by atoms with Gasteiger partial charge in [-0.25, -0.2) is 4.79 Å². The van der Waals surface area contributed by atoms with E-state index in [1.54, 1.807) is 55.5 Å². The smallest absolute Gasteiger partial charge is 0.341 e. The lowest BCUT2D eigenvalue weighted by molar-refractivity contribution is -0.115. The van der Waals surface area contributed by atoms with Crippen LogP contribution in [0.5, 0.6) is 0 Å². The van der Waals surface area contributed by atoms with Gasteiger partial charge in [0.2, 0.25) is 5.91 Å². The second-order valence-electron chi connectivity index (χ2n) is 11.6. The van der Waals surface area contributed by atoms with E-state index in [-0.39, 0.29) is 11.6 Å². The number of aryl methyl sites for hydroxylation is 1. The van der Waals surface area contributed by atoms with Crippen molar-refractivity contribution in [2.75, 3.05) is 17.7 Å². The van der Waals surface area contributed by atoms with Crippen LogP contribution in [0.15, 0.2) is 89.5 Å². The molecule has 242 valence electrons. The summed E-state index contributed by atoms with van der Waals surface area (Å²) in [4.78, 5) is 54.4. The zero-order valence-electron chi connectivity index (χ0n) is 26.7. The van der Waals surface area contributed by atoms with Crippen molar-refractivity contribution in [2.24, 2.45) is 5.92 Å². The SMILES string of the molecule is COC(=O)c1c(NC(=O)C(C)Sc2cccc(NC(=O)/C(=C\c3cccc(C)c3)NC(=O)c3ccccc3)c2)sc2c1CCC(C)C2. The molecule has 5 rings (SSSR count). The van der Waals surface area contributed by atoms with Crippen LogP contribution in [0, 0.1) is 12.8 Å². The van der Waals surface area contributed by atoms with Crippen LogP contribution < -0.4 is 16.0 Å². The molecule has 0 aliphatic heterocycles. The highest BCUT2D eigenvalue weighted by Gasteiger charge is 2.29. The molecule has 3 amide bonds. The van der Waals surface area contributed by atoms with Gasteiger partial charge in [-0.15, -0.1) is 23.1 Å². The van der Waals surface area contributed by atoms with Crippen LogP contribution in [0.3, 0.4) is 0 Å². The molecule has 10 heteroatoms. The lowest BCUT2D eigenvalue weighted by Crippen LogP contribution is -2.30. The predicted octanol–water partition coefficient (Wildman–Crippen LogP) is 7.50. The number of amides is 3. The van der Waals surface area contributed by atoms with Gasteiger partial charge in [-0.05, 0) is 86.6 Å². The van der Waals surface area contributed by atoms with Gasteiger partial charge in [-0.1, -0.05) is 61.0 Å². The Bertz CT molecular complexity index is 1830. The number of fused-ring (bicyclic) bond motifs is 1. The lowest BCUT2D eigenvalue weighted by Gasteiger charge is -2.18. The number of carbonyl (C=O) groups is 4. The first kappa shape index (κ1) is 33.7. The van der Waals surface area contributed by atoms with Crippen LogP contribution in [0.2, 0.25) is 0 Å². The maximum atomic E-state index is 13.5. The number of carbonyl (C=O) groups excluding carboxylic acids is 4. The Morgan fingerprint density at radius 2 is 1.74 bits per heavy atom. The van der Waals surface area contributed by atoms with Gasteiger partial charge in [0.1, 0.15) is 10.7 Å². The molecule has 1 aromatic heterocycles. The Kier molecular flexibility index (Phi) is 11.0. The summed E-state index contributed by atoms with van der Waals surface area (Å²) in [5.41, 5.74) is 4.25. The van der Waals surface area contributed by atoms with Crippen molar-refractivity contribution >= 4 is 63.6 Å². The number of rotatable bonds is 10. The molecule has 0 bridgehead atoms. The first-order chi connectivity index (χ1) is 22.6. The van der Waals surface area contributed by atoms with Crippen LogP contribution in [-0.2, 0) is 27.2 Å². The van der Waals surface area contributed by atoms with Gasteiger partial charge in [-0.2, -0.15) is 0 Å². The van der Waals surface area contributed by atoms with E-state index in [9.17, 15) is 19.2 Å². The Labute approximate surface area is 283 Å². The number of ether oxygens (including phenoxy) is 1. The van der Waals surface area contributed by atoms with Crippen LogP contribution in [0.25, 0.3) is 6.08 Å². The highest BCUT2D eigenvalue weighted by molar-refractivity contribution is 8.00. The molecule has 0 saturated carbocycles. The van der Waals surface area contributed by atoms with E-state index < -0.39 is 23.0 Å². The van der Waals surface area contributed by atoms with Crippen LogP contribution >= 0.6 is 23.1 Å². The molecule has 0 spiro atoms. The fourth-order valence-corrected chi connectivity index (χ4v) is 7.67. The number of benzene rings is 3. The Balaban J connectivity index is 1.29. The number of esters is 1. The zero-order valence-corrected chi connectivity index (χ0v) is 28.3. The number of methoxy groups -OCH3 is 1. The minimum atomic E-state index is -0.508. The highest BCUT2D eigenvalue weighted by Crippen LogP contribution is 2.40. The molecule has 1 heterocycles. The fraction of sp³-hybridized carbons (Fsp3) is 0.243. The first-order valence-corrected chi connectivity index (χ1v) is 17.1. The molecule has 0 radical (unpaired) electrons. The van der Waals surface area contributed by atoms with E-state index in [2.05, 4.69) is 22.9 Å². The molecule has 0 fully saturated rings. The Hall–Kier alpha value is -4.67. The quantitative estimate of drug-likeness (QED) is 0.0918. The Morgan fingerprint density at radius 1 is 0.979 bits per heavy atom.